The summed E-state index contributed by atoms with van der Waals surface area (Å²) in [5.74, 6) is -0.151. The minimum atomic E-state index is -0.634. The van der Waals surface area contributed by atoms with Gasteiger partial charge in [0.2, 0.25) is 0 Å². The molecule has 1 aromatic carbocycles. The zero-order valence-corrected chi connectivity index (χ0v) is 14.4. The Labute approximate surface area is 145 Å². The largest absolute Gasteiger partial charge is 0.479 e. The number of ether oxygens (including phenoxy) is 3. The van der Waals surface area contributed by atoms with E-state index in [1.165, 1.54) is 0 Å². The van der Waals surface area contributed by atoms with E-state index < -0.39 is 11.9 Å². The molecule has 2 saturated heterocycles. The topological polar surface area (TPSA) is 48.0 Å². The summed E-state index contributed by atoms with van der Waals surface area (Å²) < 4.78 is 17.0. The Morgan fingerprint density at radius 2 is 1.91 bits per heavy atom. The molecule has 23 heavy (non-hydrogen) atoms. The lowest BCUT2D eigenvalue weighted by molar-refractivity contribution is -0.188. The molecule has 0 aliphatic carbocycles. The predicted octanol–water partition coefficient (Wildman–Crippen LogP) is 3.13. The van der Waals surface area contributed by atoms with Gasteiger partial charge < -0.3 is 19.1 Å². The van der Waals surface area contributed by atoms with E-state index in [0.717, 1.165) is 0 Å². The van der Waals surface area contributed by atoms with Crippen LogP contribution in [-0.2, 0) is 14.3 Å². The molecule has 126 valence electrons. The van der Waals surface area contributed by atoms with Crippen molar-refractivity contribution >= 4 is 29.1 Å². The first-order valence-electron chi connectivity index (χ1n) is 7.68. The van der Waals surface area contributed by atoms with Crippen LogP contribution in [0.5, 0.6) is 5.75 Å². The molecule has 3 rings (SSSR count). The zero-order valence-electron chi connectivity index (χ0n) is 12.9. The highest BCUT2D eigenvalue weighted by molar-refractivity contribution is 6.42. The van der Waals surface area contributed by atoms with Crippen LogP contribution in [0.4, 0.5) is 0 Å². The Kier molecular flexibility index (Phi) is 5.01. The summed E-state index contributed by atoms with van der Waals surface area (Å²) >= 11 is 12.1. The van der Waals surface area contributed by atoms with E-state index in [1.807, 2.05) is 0 Å². The third-order valence-corrected chi connectivity index (χ3v) is 5.02. The number of amides is 1. The smallest absolute Gasteiger partial charge is 0.263 e. The van der Waals surface area contributed by atoms with Gasteiger partial charge in [0.05, 0.1) is 18.2 Å². The van der Waals surface area contributed by atoms with Crippen LogP contribution in [0.25, 0.3) is 0 Å². The van der Waals surface area contributed by atoms with Crippen molar-refractivity contribution in [2.45, 2.75) is 31.7 Å². The van der Waals surface area contributed by atoms with Crippen LogP contribution in [0.15, 0.2) is 18.2 Å². The van der Waals surface area contributed by atoms with Crippen LogP contribution in [0.3, 0.4) is 0 Å². The SMILES string of the molecule is C[C@H](Oc1cccc(Cl)c1Cl)C(=O)N1CCC2(CC1)OCCO2. The van der Waals surface area contributed by atoms with E-state index in [4.69, 9.17) is 37.4 Å². The quantitative estimate of drug-likeness (QED) is 0.831. The molecule has 5 nitrogen and oxygen atoms in total. The number of likely N-dealkylation sites (tertiary alicyclic amines) is 1. The van der Waals surface area contributed by atoms with Crippen molar-refractivity contribution in [3.63, 3.8) is 0 Å². The minimum absolute atomic E-state index is 0.0751. The van der Waals surface area contributed by atoms with Gasteiger partial charge in [-0.1, -0.05) is 29.3 Å². The Morgan fingerprint density at radius 1 is 1.26 bits per heavy atom. The molecule has 0 aromatic heterocycles. The van der Waals surface area contributed by atoms with E-state index in [0.29, 0.717) is 54.9 Å². The number of benzene rings is 1. The maximum Gasteiger partial charge on any atom is 0.263 e. The van der Waals surface area contributed by atoms with Gasteiger partial charge in [-0.05, 0) is 19.1 Å². The van der Waals surface area contributed by atoms with Crippen LogP contribution in [0, 0.1) is 0 Å². The standard InChI is InChI=1S/C16H19Cl2NO4/c1-11(23-13-4-2-3-12(17)14(13)18)15(20)19-7-5-16(6-8-19)21-9-10-22-16/h2-4,11H,5-10H2,1H3/t11-/m0/s1. The number of halogens is 2. The summed E-state index contributed by atoms with van der Waals surface area (Å²) in [5, 5.41) is 0.721. The molecule has 2 aliphatic heterocycles. The number of nitrogens with zero attached hydrogens (tertiary/aromatic N) is 1. The van der Waals surface area contributed by atoms with E-state index in [-0.39, 0.29) is 5.91 Å². The van der Waals surface area contributed by atoms with Crippen molar-refractivity contribution in [1.29, 1.82) is 0 Å². The van der Waals surface area contributed by atoms with Gasteiger partial charge in [-0.25, -0.2) is 0 Å². The van der Waals surface area contributed by atoms with Crippen molar-refractivity contribution < 1.29 is 19.0 Å². The Hall–Kier alpha value is -1.01. The first-order valence-corrected chi connectivity index (χ1v) is 8.44. The number of hydrogen-bond acceptors (Lipinski definition) is 4. The summed E-state index contributed by atoms with van der Waals surface area (Å²) in [7, 11) is 0. The molecule has 2 aliphatic rings. The molecule has 0 unspecified atom stereocenters. The molecule has 1 atom stereocenters. The maximum atomic E-state index is 12.5. The average Bonchev–Trinajstić information content (AvgIpc) is 3.00. The summed E-state index contributed by atoms with van der Waals surface area (Å²) in [4.78, 5) is 14.3. The fourth-order valence-electron chi connectivity index (χ4n) is 2.93. The number of carbonyl (C=O) groups is 1. The molecule has 2 fully saturated rings. The zero-order chi connectivity index (χ0) is 16.4. The lowest BCUT2D eigenvalue weighted by atomic mass is 10.0. The van der Waals surface area contributed by atoms with Crippen LogP contribution < -0.4 is 4.74 Å². The highest BCUT2D eigenvalue weighted by Gasteiger charge is 2.41. The van der Waals surface area contributed by atoms with Crippen molar-refractivity contribution in [2.75, 3.05) is 26.3 Å². The van der Waals surface area contributed by atoms with Gasteiger partial charge in [0.1, 0.15) is 10.8 Å². The monoisotopic (exact) mass is 359 g/mol. The Bertz CT molecular complexity index is 579. The van der Waals surface area contributed by atoms with E-state index >= 15 is 0 Å². The van der Waals surface area contributed by atoms with Crippen LogP contribution in [0.2, 0.25) is 10.0 Å². The second-order valence-corrected chi connectivity index (χ2v) is 6.53. The highest BCUT2D eigenvalue weighted by atomic mass is 35.5. The normalized spacial score (nSPS) is 21.4. The van der Waals surface area contributed by atoms with Crippen LogP contribution >= 0.6 is 23.2 Å². The molecular weight excluding hydrogens is 341 g/mol. The lowest BCUT2D eigenvalue weighted by Gasteiger charge is -2.38. The number of carbonyl (C=O) groups excluding carboxylic acids is 1. The lowest BCUT2D eigenvalue weighted by Crippen LogP contribution is -2.50. The fraction of sp³-hybridized carbons (Fsp3) is 0.562. The molecule has 0 N–H and O–H groups in total. The second kappa shape index (κ2) is 6.85. The van der Waals surface area contributed by atoms with E-state index in [2.05, 4.69) is 0 Å². The summed E-state index contributed by atoms with van der Waals surface area (Å²) in [6.07, 6.45) is 0.734. The van der Waals surface area contributed by atoms with Crippen LogP contribution in [0.1, 0.15) is 19.8 Å². The van der Waals surface area contributed by atoms with Gasteiger partial charge in [0.15, 0.2) is 11.9 Å². The molecule has 1 aromatic rings. The second-order valence-electron chi connectivity index (χ2n) is 5.74. The van der Waals surface area contributed by atoms with Gasteiger partial charge in [-0.3, -0.25) is 4.79 Å². The summed E-state index contributed by atoms with van der Waals surface area (Å²) in [5.41, 5.74) is 0. The van der Waals surface area contributed by atoms with Crippen molar-refractivity contribution in [3.05, 3.63) is 28.2 Å². The molecule has 1 spiro atoms. The Balaban J connectivity index is 1.59. The van der Waals surface area contributed by atoms with Gasteiger partial charge in [0, 0.05) is 25.9 Å². The molecule has 1 amide bonds. The highest BCUT2D eigenvalue weighted by Crippen LogP contribution is 2.33. The van der Waals surface area contributed by atoms with Gasteiger partial charge in [-0.2, -0.15) is 0 Å². The number of hydrogen-bond donors (Lipinski definition) is 0. The van der Waals surface area contributed by atoms with Crippen molar-refractivity contribution in [1.82, 2.24) is 4.90 Å². The third kappa shape index (κ3) is 3.58. The Morgan fingerprint density at radius 3 is 2.57 bits per heavy atom. The molecule has 0 bridgehead atoms. The van der Waals surface area contributed by atoms with E-state index in [1.54, 1.807) is 30.0 Å². The van der Waals surface area contributed by atoms with Crippen molar-refractivity contribution in [2.24, 2.45) is 0 Å². The molecule has 0 radical (unpaired) electrons. The third-order valence-electron chi connectivity index (χ3n) is 4.22. The molecular formula is C16H19Cl2NO4. The molecule has 7 heteroatoms. The molecule has 0 saturated carbocycles. The first kappa shape index (κ1) is 16.8. The summed E-state index contributed by atoms with van der Waals surface area (Å²) in [6, 6.07) is 5.11. The average molecular weight is 360 g/mol. The van der Waals surface area contributed by atoms with E-state index in [9.17, 15) is 4.79 Å². The first-order chi connectivity index (χ1) is 11.0. The molecule has 2 heterocycles. The summed E-state index contributed by atoms with van der Waals surface area (Å²) in [6.45, 7) is 4.15. The minimum Gasteiger partial charge on any atom is -0.479 e. The van der Waals surface area contributed by atoms with Gasteiger partial charge in [-0.15, -0.1) is 0 Å². The van der Waals surface area contributed by atoms with Gasteiger partial charge >= 0.3 is 0 Å². The number of piperidine rings is 1. The van der Waals surface area contributed by atoms with Crippen LogP contribution in [-0.4, -0.2) is 49.0 Å². The maximum absolute atomic E-state index is 12.5. The predicted molar refractivity (Wildman–Crippen MR) is 87.0 cm³/mol. The van der Waals surface area contributed by atoms with Gasteiger partial charge in [0.25, 0.3) is 5.91 Å². The number of rotatable bonds is 3. The fourth-order valence-corrected chi connectivity index (χ4v) is 3.26. The van der Waals surface area contributed by atoms with Crippen molar-refractivity contribution in [3.8, 4) is 5.75 Å².